The number of hydrogen-bond acceptors (Lipinski definition) is 5. The van der Waals surface area contributed by atoms with E-state index in [-0.39, 0.29) is 18.5 Å². The van der Waals surface area contributed by atoms with Crippen LogP contribution in [0.5, 0.6) is 0 Å². The summed E-state index contributed by atoms with van der Waals surface area (Å²) in [7, 11) is 0. The minimum absolute atomic E-state index is 0.0115. The van der Waals surface area contributed by atoms with Crippen molar-refractivity contribution in [2.75, 3.05) is 13.2 Å². The number of carbonyl (C=O) groups is 2. The van der Waals surface area contributed by atoms with E-state index >= 15 is 0 Å². The summed E-state index contributed by atoms with van der Waals surface area (Å²) < 4.78 is 5.47. The second kappa shape index (κ2) is 48.3. The number of nitrogens with one attached hydrogen (secondary N) is 1. The van der Waals surface area contributed by atoms with Crippen molar-refractivity contribution in [3.05, 3.63) is 12.2 Å². The lowest BCUT2D eigenvalue weighted by Gasteiger charge is -2.20. The molecule has 0 rings (SSSR count). The first-order valence-electron chi connectivity index (χ1n) is 26.0. The maximum absolute atomic E-state index is 12.4. The van der Waals surface area contributed by atoms with Gasteiger partial charge >= 0.3 is 5.97 Å². The molecule has 3 N–H and O–H groups in total. The first kappa shape index (κ1) is 56.6. The van der Waals surface area contributed by atoms with E-state index < -0.39 is 12.1 Å². The van der Waals surface area contributed by atoms with Crippen LogP contribution in [0.2, 0.25) is 0 Å². The SMILES string of the molecule is CCCCCCCCCCCCC/C=C/C(O)C(CO)NC(=O)CCCCCCCCCCCCCOC(=O)CCCCCCCCCCCCCCCCCCC. The molecule has 0 aliphatic heterocycles. The van der Waals surface area contributed by atoms with E-state index in [0.717, 1.165) is 57.8 Å². The Labute approximate surface area is 361 Å². The van der Waals surface area contributed by atoms with Crippen molar-refractivity contribution < 1.29 is 24.5 Å². The fourth-order valence-electron chi connectivity index (χ4n) is 8.05. The van der Waals surface area contributed by atoms with Gasteiger partial charge in [0, 0.05) is 12.8 Å². The summed E-state index contributed by atoms with van der Waals surface area (Å²) in [5.41, 5.74) is 0. The van der Waals surface area contributed by atoms with Crippen LogP contribution >= 0.6 is 0 Å². The van der Waals surface area contributed by atoms with Crippen LogP contribution in [-0.4, -0.2) is 47.4 Å². The van der Waals surface area contributed by atoms with Gasteiger partial charge in [0.1, 0.15) is 0 Å². The standard InChI is InChI=1S/C52H101NO5/c1-3-5-7-9-11-13-15-17-18-19-20-22-26-30-34-38-42-46-52(57)58-47-43-39-35-31-27-23-25-29-33-37-41-45-51(56)53-49(48-54)50(55)44-40-36-32-28-24-21-16-14-12-10-8-6-4-2/h40,44,49-50,54-55H,3-39,41-43,45-48H2,1-2H3,(H,53,56)/b44-40+. The number of ether oxygens (including phenoxy) is 1. The molecule has 0 aromatic carbocycles. The number of aliphatic hydroxyl groups is 2. The summed E-state index contributed by atoms with van der Waals surface area (Å²) in [6.45, 7) is 4.87. The molecule has 0 aromatic heterocycles. The van der Waals surface area contributed by atoms with Crippen LogP contribution in [0.15, 0.2) is 12.2 Å². The fraction of sp³-hybridized carbons (Fsp3) is 0.923. The Balaban J connectivity index is 3.46. The van der Waals surface area contributed by atoms with Crippen molar-refractivity contribution in [3.8, 4) is 0 Å². The highest BCUT2D eigenvalue weighted by atomic mass is 16.5. The number of carbonyl (C=O) groups excluding carboxylic acids is 2. The monoisotopic (exact) mass is 820 g/mol. The van der Waals surface area contributed by atoms with Crippen molar-refractivity contribution in [1.29, 1.82) is 0 Å². The molecule has 1 amide bonds. The Bertz CT molecular complexity index is 863. The zero-order valence-corrected chi connectivity index (χ0v) is 39.0. The van der Waals surface area contributed by atoms with Gasteiger partial charge in [0.25, 0.3) is 0 Å². The molecule has 0 aromatic rings. The molecule has 0 heterocycles. The molecule has 2 unspecified atom stereocenters. The molecule has 0 saturated heterocycles. The van der Waals surface area contributed by atoms with Crippen LogP contribution in [0.4, 0.5) is 0 Å². The topological polar surface area (TPSA) is 95.9 Å². The smallest absolute Gasteiger partial charge is 0.305 e. The van der Waals surface area contributed by atoms with Crippen molar-refractivity contribution in [2.45, 2.75) is 296 Å². The summed E-state index contributed by atoms with van der Waals surface area (Å²) in [5.74, 6) is -0.0974. The quantitative estimate of drug-likeness (QED) is 0.0323. The van der Waals surface area contributed by atoms with Crippen molar-refractivity contribution in [2.24, 2.45) is 0 Å². The number of hydrogen-bond donors (Lipinski definition) is 3. The van der Waals surface area contributed by atoms with Gasteiger partial charge in [0.15, 0.2) is 0 Å². The van der Waals surface area contributed by atoms with E-state index in [0.29, 0.717) is 19.4 Å². The minimum atomic E-state index is -0.854. The lowest BCUT2D eigenvalue weighted by Crippen LogP contribution is -2.45. The molecule has 0 spiro atoms. The predicted molar refractivity (Wildman–Crippen MR) is 250 cm³/mol. The van der Waals surface area contributed by atoms with Crippen LogP contribution < -0.4 is 5.32 Å². The molecule has 0 aliphatic carbocycles. The molecule has 0 saturated carbocycles. The number of aliphatic hydroxyl groups excluding tert-OH is 2. The van der Waals surface area contributed by atoms with Crippen LogP contribution in [0.1, 0.15) is 284 Å². The van der Waals surface area contributed by atoms with Gasteiger partial charge in [-0.2, -0.15) is 0 Å². The van der Waals surface area contributed by atoms with Gasteiger partial charge in [0.05, 0.1) is 25.4 Å². The van der Waals surface area contributed by atoms with Gasteiger partial charge in [0.2, 0.25) is 5.91 Å². The fourth-order valence-corrected chi connectivity index (χ4v) is 8.05. The molecule has 6 nitrogen and oxygen atoms in total. The number of amides is 1. The Morgan fingerprint density at radius 3 is 1.17 bits per heavy atom. The Morgan fingerprint density at radius 1 is 0.466 bits per heavy atom. The number of rotatable bonds is 48. The molecule has 58 heavy (non-hydrogen) atoms. The van der Waals surface area contributed by atoms with Crippen molar-refractivity contribution in [1.82, 2.24) is 5.32 Å². The average Bonchev–Trinajstić information content (AvgIpc) is 3.22. The summed E-state index contributed by atoms with van der Waals surface area (Å²) in [6.07, 6.45) is 54.9. The van der Waals surface area contributed by atoms with E-state index in [4.69, 9.17) is 4.74 Å². The van der Waals surface area contributed by atoms with E-state index in [1.165, 1.54) is 199 Å². The molecular weight excluding hydrogens is 719 g/mol. The lowest BCUT2D eigenvalue weighted by atomic mass is 10.0. The largest absolute Gasteiger partial charge is 0.466 e. The summed E-state index contributed by atoms with van der Waals surface area (Å²) in [4.78, 5) is 24.5. The van der Waals surface area contributed by atoms with Crippen LogP contribution in [0, 0.1) is 0 Å². The van der Waals surface area contributed by atoms with Crippen LogP contribution in [0.25, 0.3) is 0 Å². The number of allylic oxidation sites excluding steroid dienone is 1. The van der Waals surface area contributed by atoms with Gasteiger partial charge in [-0.3, -0.25) is 9.59 Å². The maximum atomic E-state index is 12.4. The lowest BCUT2D eigenvalue weighted by molar-refractivity contribution is -0.143. The third-order valence-corrected chi connectivity index (χ3v) is 12.1. The van der Waals surface area contributed by atoms with Gasteiger partial charge in [-0.15, -0.1) is 0 Å². The number of unbranched alkanes of at least 4 members (excludes halogenated alkanes) is 37. The van der Waals surface area contributed by atoms with Gasteiger partial charge < -0.3 is 20.3 Å². The highest BCUT2D eigenvalue weighted by Gasteiger charge is 2.18. The zero-order chi connectivity index (χ0) is 42.3. The molecule has 2 atom stereocenters. The first-order valence-corrected chi connectivity index (χ1v) is 26.0. The third kappa shape index (κ3) is 44.2. The predicted octanol–water partition coefficient (Wildman–Crippen LogP) is 15.3. The van der Waals surface area contributed by atoms with E-state index in [1.54, 1.807) is 6.08 Å². The second-order valence-corrected chi connectivity index (χ2v) is 17.9. The summed E-state index contributed by atoms with van der Waals surface area (Å²) in [6, 6.07) is -0.639. The highest BCUT2D eigenvalue weighted by molar-refractivity contribution is 5.76. The average molecular weight is 820 g/mol. The zero-order valence-electron chi connectivity index (χ0n) is 39.0. The Kier molecular flexibility index (Phi) is 47.1. The Hall–Kier alpha value is -1.40. The molecule has 0 aliphatic rings. The summed E-state index contributed by atoms with van der Waals surface area (Å²) in [5, 5.41) is 23.0. The third-order valence-electron chi connectivity index (χ3n) is 12.1. The van der Waals surface area contributed by atoms with E-state index in [2.05, 4.69) is 19.2 Å². The molecule has 344 valence electrons. The second-order valence-electron chi connectivity index (χ2n) is 17.9. The van der Waals surface area contributed by atoms with Gasteiger partial charge in [-0.25, -0.2) is 0 Å². The van der Waals surface area contributed by atoms with Crippen molar-refractivity contribution in [3.63, 3.8) is 0 Å². The molecule has 0 radical (unpaired) electrons. The maximum Gasteiger partial charge on any atom is 0.305 e. The first-order chi connectivity index (χ1) is 28.5. The van der Waals surface area contributed by atoms with E-state index in [1.807, 2.05) is 6.08 Å². The van der Waals surface area contributed by atoms with Crippen molar-refractivity contribution >= 4 is 11.9 Å². The molecular formula is C52H101NO5. The molecule has 0 bridgehead atoms. The Morgan fingerprint density at radius 2 is 0.793 bits per heavy atom. The normalized spacial score (nSPS) is 12.7. The summed E-state index contributed by atoms with van der Waals surface area (Å²) >= 11 is 0. The minimum Gasteiger partial charge on any atom is -0.466 e. The van der Waals surface area contributed by atoms with Crippen LogP contribution in [-0.2, 0) is 14.3 Å². The molecule has 0 fully saturated rings. The number of esters is 1. The van der Waals surface area contributed by atoms with Gasteiger partial charge in [-0.1, -0.05) is 251 Å². The van der Waals surface area contributed by atoms with Gasteiger partial charge in [-0.05, 0) is 32.1 Å². The van der Waals surface area contributed by atoms with Crippen LogP contribution in [0.3, 0.4) is 0 Å². The highest BCUT2D eigenvalue weighted by Crippen LogP contribution is 2.16. The molecule has 6 heteroatoms. The van der Waals surface area contributed by atoms with E-state index in [9.17, 15) is 19.8 Å².